The molecule has 0 N–H and O–H groups in total. The van der Waals surface area contributed by atoms with Crippen LogP contribution in [-0.4, -0.2) is 36.4 Å². The molecule has 1 aliphatic carbocycles. The number of alkyl halides is 3. The molecular formula is C27H23F3N6O. The Morgan fingerprint density at radius 2 is 1.81 bits per heavy atom. The van der Waals surface area contributed by atoms with E-state index < -0.39 is 11.9 Å². The van der Waals surface area contributed by atoms with Gasteiger partial charge < -0.3 is 9.30 Å². The highest BCUT2D eigenvalue weighted by molar-refractivity contribution is 5.78. The number of hydrogen-bond acceptors (Lipinski definition) is 5. The molecule has 3 aromatic heterocycles. The quantitative estimate of drug-likeness (QED) is 0.290. The van der Waals surface area contributed by atoms with E-state index in [0.29, 0.717) is 29.5 Å². The van der Waals surface area contributed by atoms with Crippen molar-refractivity contribution in [2.24, 2.45) is 7.05 Å². The van der Waals surface area contributed by atoms with Gasteiger partial charge in [0.15, 0.2) is 17.2 Å². The number of rotatable bonds is 6. The highest BCUT2D eigenvalue weighted by atomic mass is 19.4. The van der Waals surface area contributed by atoms with Crippen molar-refractivity contribution in [3.05, 3.63) is 77.9 Å². The number of ether oxygens (including phenoxy) is 1. The van der Waals surface area contributed by atoms with Crippen LogP contribution in [0.3, 0.4) is 0 Å². The molecule has 2 aromatic carbocycles. The second-order valence-corrected chi connectivity index (χ2v) is 9.23. The number of fused-ring (bicyclic) bond motifs is 1. The maximum atomic E-state index is 13.0. The van der Waals surface area contributed by atoms with E-state index in [4.69, 9.17) is 9.72 Å². The van der Waals surface area contributed by atoms with E-state index in [1.54, 1.807) is 43.4 Å². The van der Waals surface area contributed by atoms with Crippen LogP contribution in [-0.2, 0) is 19.8 Å². The molecule has 0 amide bonds. The van der Waals surface area contributed by atoms with Gasteiger partial charge in [-0.1, -0.05) is 36.4 Å². The van der Waals surface area contributed by atoms with Crippen LogP contribution in [0.15, 0.2) is 61.1 Å². The summed E-state index contributed by atoms with van der Waals surface area (Å²) in [5.41, 5.74) is 3.42. The van der Waals surface area contributed by atoms with Crippen LogP contribution in [0.1, 0.15) is 35.6 Å². The fourth-order valence-corrected chi connectivity index (χ4v) is 4.60. The third kappa shape index (κ3) is 4.32. The Kier molecular flexibility index (Phi) is 5.47. The van der Waals surface area contributed by atoms with Gasteiger partial charge in [-0.3, -0.25) is 0 Å². The van der Waals surface area contributed by atoms with E-state index in [1.165, 1.54) is 10.1 Å². The van der Waals surface area contributed by atoms with Gasteiger partial charge in [0, 0.05) is 25.0 Å². The zero-order valence-electron chi connectivity index (χ0n) is 20.2. The summed E-state index contributed by atoms with van der Waals surface area (Å²) < 4.78 is 47.9. The fraction of sp³-hybridized carbons (Fsp3) is 0.259. The number of benzene rings is 2. The van der Waals surface area contributed by atoms with Crippen LogP contribution < -0.4 is 4.74 Å². The largest absolute Gasteiger partial charge is 0.496 e. The lowest BCUT2D eigenvalue weighted by Gasteiger charge is -2.13. The van der Waals surface area contributed by atoms with Crippen molar-refractivity contribution < 1.29 is 17.9 Å². The zero-order chi connectivity index (χ0) is 25.7. The van der Waals surface area contributed by atoms with Gasteiger partial charge in [0.2, 0.25) is 0 Å². The molecule has 188 valence electrons. The summed E-state index contributed by atoms with van der Waals surface area (Å²) in [7, 11) is 3.20. The Labute approximate surface area is 210 Å². The number of aromatic nitrogens is 6. The van der Waals surface area contributed by atoms with Crippen molar-refractivity contribution in [1.29, 1.82) is 0 Å². The molecular weight excluding hydrogens is 481 g/mol. The lowest BCUT2D eigenvalue weighted by molar-refractivity contribution is -0.140. The van der Waals surface area contributed by atoms with Crippen molar-refractivity contribution >= 4 is 11.0 Å². The van der Waals surface area contributed by atoms with Crippen LogP contribution in [0.4, 0.5) is 13.2 Å². The molecule has 0 radical (unpaired) electrons. The molecule has 1 fully saturated rings. The molecule has 3 heterocycles. The molecule has 6 rings (SSSR count). The third-order valence-electron chi connectivity index (χ3n) is 6.61. The van der Waals surface area contributed by atoms with Crippen LogP contribution in [0, 0.1) is 0 Å². The molecule has 0 saturated heterocycles. The fourth-order valence-electron chi connectivity index (χ4n) is 4.60. The van der Waals surface area contributed by atoms with Gasteiger partial charge in [0.05, 0.1) is 30.8 Å². The minimum absolute atomic E-state index is 0.254. The summed E-state index contributed by atoms with van der Waals surface area (Å²) in [6, 6.07) is 13.3. The first-order valence-corrected chi connectivity index (χ1v) is 11.9. The molecule has 7 nitrogen and oxygen atoms in total. The Morgan fingerprint density at radius 1 is 1.03 bits per heavy atom. The monoisotopic (exact) mass is 504 g/mol. The average Bonchev–Trinajstić information content (AvgIpc) is 3.55. The molecule has 0 bridgehead atoms. The number of hydrogen-bond donors (Lipinski definition) is 0. The summed E-state index contributed by atoms with van der Waals surface area (Å²) >= 11 is 0. The van der Waals surface area contributed by atoms with Crippen molar-refractivity contribution in [2.45, 2.75) is 31.5 Å². The van der Waals surface area contributed by atoms with Gasteiger partial charge in [0.25, 0.3) is 0 Å². The number of imidazole rings is 1. The predicted octanol–water partition coefficient (Wildman–Crippen LogP) is 5.85. The summed E-state index contributed by atoms with van der Waals surface area (Å²) in [5, 5.41) is 5.32. The Bertz CT molecular complexity index is 1600. The van der Waals surface area contributed by atoms with Crippen molar-refractivity contribution in [3.8, 4) is 28.5 Å². The Hall–Kier alpha value is -4.21. The molecule has 5 aromatic rings. The van der Waals surface area contributed by atoms with E-state index >= 15 is 0 Å². The Balaban J connectivity index is 1.31. The first kappa shape index (κ1) is 23.2. The predicted molar refractivity (Wildman–Crippen MR) is 132 cm³/mol. The molecule has 1 aliphatic rings. The molecule has 37 heavy (non-hydrogen) atoms. The standard InChI is InChI=1S/C27H23F3N6O/c1-35-15-22(27(28,29)30)33-25(35)18-8-6-16(7-9-18)14-36-26-19(13-32-36)12-31-24(34-26)23-20(17-10-11-17)4-3-5-21(23)37-2/h3-9,12-13,15,17H,10-11,14H2,1-2H3. The highest BCUT2D eigenvalue weighted by Gasteiger charge is 2.34. The van der Waals surface area contributed by atoms with Gasteiger partial charge >= 0.3 is 6.18 Å². The van der Waals surface area contributed by atoms with Crippen LogP contribution in [0.25, 0.3) is 33.8 Å². The van der Waals surface area contributed by atoms with Crippen molar-refractivity contribution in [1.82, 2.24) is 29.3 Å². The molecule has 10 heteroatoms. The minimum Gasteiger partial charge on any atom is -0.496 e. The third-order valence-corrected chi connectivity index (χ3v) is 6.61. The van der Waals surface area contributed by atoms with E-state index in [9.17, 15) is 13.2 Å². The first-order chi connectivity index (χ1) is 17.8. The molecule has 0 spiro atoms. The van der Waals surface area contributed by atoms with Gasteiger partial charge in [-0.15, -0.1) is 0 Å². The lowest BCUT2D eigenvalue weighted by atomic mass is 10.0. The normalized spacial score (nSPS) is 13.9. The number of methoxy groups -OCH3 is 1. The highest BCUT2D eigenvalue weighted by Crippen LogP contribution is 2.46. The van der Waals surface area contributed by atoms with Crippen LogP contribution in [0.2, 0.25) is 0 Å². The lowest BCUT2D eigenvalue weighted by Crippen LogP contribution is -2.05. The van der Waals surface area contributed by atoms with Gasteiger partial charge in [-0.2, -0.15) is 18.3 Å². The summed E-state index contributed by atoms with van der Waals surface area (Å²) in [6.45, 7) is 0.440. The van der Waals surface area contributed by atoms with Gasteiger partial charge in [-0.05, 0) is 36.0 Å². The smallest absolute Gasteiger partial charge is 0.434 e. The minimum atomic E-state index is -4.49. The van der Waals surface area contributed by atoms with Gasteiger partial charge in [-0.25, -0.2) is 19.6 Å². The average molecular weight is 505 g/mol. The molecule has 0 atom stereocenters. The van der Waals surface area contributed by atoms with E-state index in [2.05, 4.69) is 21.1 Å². The van der Waals surface area contributed by atoms with E-state index in [1.807, 2.05) is 24.3 Å². The van der Waals surface area contributed by atoms with Crippen molar-refractivity contribution in [2.75, 3.05) is 7.11 Å². The van der Waals surface area contributed by atoms with Crippen LogP contribution in [0.5, 0.6) is 5.75 Å². The topological polar surface area (TPSA) is 70.7 Å². The zero-order valence-corrected chi connectivity index (χ0v) is 20.2. The number of halogens is 3. The number of aryl methyl sites for hydroxylation is 1. The molecule has 1 saturated carbocycles. The van der Waals surface area contributed by atoms with E-state index in [0.717, 1.165) is 41.3 Å². The summed E-state index contributed by atoms with van der Waals surface area (Å²) in [6.07, 6.45) is 2.29. The SMILES string of the molecule is COc1cccc(C2CC2)c1-c1ncc2cnn(Cc3ccc(-c4nc(C(F)(F)F)cn4C)cc3)c2n1. The molecule has 0 unspecified atom stereocenters. The van der Waals surface area contributed by atoms with Gasteiger partial charge in [0.1, 0.15) is 11.6 Å². The maximum absolute atomic E-state index is 13.0. The summed E-state index contributed by atoms with van der Waals surface area (Å²) in [4.78, 5) is 13.3. The number of nitrogens with zero attached hydrogens (tertiary/aromatic N) is 6. The van der Waals surface area contributed by atoms with E-state index in [-0.39, 0.29) is 5.82 Å². The van der Waals surface area contributed by atoms with Crippen LogP contribution >= 0.6 is 0 Å². The summed E-state index contributed by atoms with van der Waals surface area (Å²) in [5.74, 6) is 2.09. The second-order valence-electron chi connectivity index (χ2n) is 9.23. The first-order valence-electron chi connectivity index (χ1n) is 11.9. The maximum Gasteiger partial charge on any atom is 0.434 e. The second kappa shape index (κ2) is 8.72. The molecule has 0 aliphatic heterocycles. The van der Waals surface area contributed by atoms with Crippen molar-refractivity contribution in [3.63, 3.8) is 0 Å². The Morgan fingerprint density at radius 3 is 2.49 bits per heavy atom.